The van der Waals surface area contributed by atoms with Gasteiger partial charge in [0, 0.05) is 13.1 Å². The maximum absolute atomic E-state index is 11.1. The third-order valence-corrected chi connectivity index (χ3v) is 2.98. The Kier molecular flexibility index (Phi) is 3.15. The number of benzene rings is 1. The summed E-state index contributed by atoms with van der Waals surface area (Å²) in [7, 11) is -1.45. The number of hydrogen-bond acceptors (Lipinski definition) is 4. The highest BCUT2D eigenvalue weighted by Gasteiger charge is 2.24. The van der Waals surface area contributed by atoms with Gasteiger partial charge in [-0.2, -0.15) is 0 Å². The van der Waals surface area contributed by atoms with Crippen LogP contribution in [0.4, 0.5) is 11.4 Å². The topological polar surface area (TPSA) is 67.4 Å². The molecule has 0 radical (unpaired) electrons. The van der Waals surface area contributed by atoms with Crippen molar-refractivity contribution in [2.45, 2.75) is 18.9 Å². The van der Waals surface area contributed by atoms with Crippen LogP contribution in [0, 0.1) is 0 Å². The van der Waals surface area contributed by atoms with Gasteiger partial charge < -0.3 is 10.1 Å². The number of hydrogen-bond donors (Lipinski definition) is 2. The molecule has 0 bridgehead atoms. The average Bonchev–Trinajstić information content (AvgIpc) is 3.00. The lowest BCUT2D eigenvalue weighted by Gasteiger charge is -2.12. The molecule has 2 rings (SSSR count). The molecule has 0 saturated heterocycles. The summed E-state index contributed by atoms with van der Waals surface area (Å²) in [6.07, 6.45) is 3.52. The summed E-state index contributed by atoms with van der Waals surface area (Å²) >= 11 is 0. The van der Waals surface area contributed by atoms with E-state index < -0.39 is 10.0 Å². The molecule has 5 nitrogen and oxygen atoms in total. The van der Waals surface area contributed by atoms with E-state index in [2.05, 4.69) is 10.0 Å². The summed E-state index contributed by atoms with van der Waals surface area (Å²) in [6, 6.07) is 5.20. The Morgan fingerprint density at radius 3 is 2.59 bits per heavy atom. The van der Waals surface area contributed by atoms with Gasteiger partial charge in [0.15, 0.2) is 0 Å². The lowest BCUT2D eigenvalue weighted by atomic mass is 10.2. The predicted octanol–water partition coefficient (Wildman–Crippen LogP) is 1.64. The van der Waals surface area contributed by atoms with E-state index in [0.717, 1.165) is 24.8 Å². The molecule has 0 unspecified atom stereocenters. The van der Waals surface area contributed by atoms with E-state index in [-0.39, 0.29) is 6.10 Å². The van der Waals surface area contributed by atoms with Crippen molar-refractivity contribution in [3.05, 3.63) is 18.2 Å². The number of ether oxygens (including phenoxy) is 1. The summed E-state index contributed by atoms with van der Waals surface area (Å²) in [5.74, 6) is 0.684. The van der Waals surface area contributed by atoms with Crippen molar-refractivity contribution < 1.29 is 13.2 Å². The van der Waals surface area contributed by atoms with Gasteiger partial charge in [-0.3, -0.25) is 4.72 Å². The third kappa shape index (κ3) is 3.52. The highest BCUT2D eigenvalue weighted by atomic mass is 32.2. The van der Waals surface area contributed by atoms with Gasteiger partial charge in [-0.25, -0.2) is 8.42 Å². The Morgan fingerprint density at radius 1 is 1.35 bits per heavy atom. The Bertz CT molecular complexity index is 509. The standard InChI is InChI=1S/C11H16N2O3S/c1-12-10-6-3-8(13-17(2,14)15)7-11(10)16-9-4-5-9/h3,6-7,9,12-13H,4-5H2,1-2H3. The van der Waals surface area contributed by atoms with Gasteiger partial charge in [0.25, 0.3) is 0 Å². The second-order valence-electron chi connectivity index (χ2n) is 4.15. The molecule has 1 saturated carbocycles. The number of sulfonamides is 1. The molecular weight excluding hydrogens is 240 g/mol. The Morgan fingerprint density at radius 2 is 2.06 bits per heavy atom. The minimum Gasteiger partial charge on any atom is -0.488 e. The van der Waals surface area contributed by atoms with E-state index in [9.17, 15) is 8.42 Å². The van der Waals surface area contributed by atoms with Crippen molar-refractivity contribution in [1.82, 2.24) is 0 Å². The van der Waals surface area contributed by atoms with Crippen LogP contribution in [-0.2, 0) is 10.0 Å². The zero-order valence-electron chi connectivity index (χ0n) is 9.86. The highest BCUT2D eigenvalue weighted by molar-refractivity contribution is 7.92. The maximum atomic E-state index is 11.1. The first-order valence-electron chi connectivity index (χ1n) is 5.44. The van der Waals surface area contributed by atoms with Crippen LogP contribution in [0.3, 0.4) is 0 Å². The van der Waals surface area contributed by atoms with Gasteiger partial charge in [-0.05, 0) is 25.0 Å². The Labute approximate surface area is 101 Å². The van der Waals surface area contributed by atoms with E-state index in [0.29, 0.717) is 11.4 Å². The second kappa shape index (κ2) is 4.44. The van der Waals surface area contributed by atoms with Gasteiger partial charge in [0.05, 0.1) is 23.7 Å². The monoisotopic (exact) mass is 256 g/mol. The van der Waals surface area contributed by atoms with Crippen molar-refractivity contribution in [3.8, 4) is 5.75 Å². The van der Waals surface area contributed by atoms with E-state index >= 15 is 0 Å². The van der Waals surface area contributed by atoms with Crippen molar-refractivity contribution in [1.29, 1.82) is 0 Å². The van der Waals surface area contributed by atoms with Gasteiger partial charge in [0.2, 0.25) is 10.0 Å². The van der Waals surface area contributed by atoms with Gasteiger partial charge >= 0.3 is 0 Å². The molecule has 17 heavy (non-hydrogen) atoms. The zero-order valence-corrected chi connectivity index (χ0v) is 10.7. The lowest BCUT2D eigenvalue weighted by Crippen LogP contribution is -2.10. The number of anilines is 2. The van der Waals surface area contributed by atoms with Crippen LogP contribution in [0.15, 0.2) is 18.2 Å². The van der Waals surface area contributed by atoms with E-state index in [4.69, 9.17) is 4.74 Å². The van der Waals surface area contributed by atoms with Crippen LogP contribution in [-0.4, -0.2) is 27.8 Å². The minimum atomic E-state index is -3.25. The van der Waals surface area contributed by atoms with Crippen molar-refractivity contribution in [3.63, 3.8) is 0 Å². The van der Waals surface area contributed by atoms with Crippen LogP contribution in [0.5, 0.6) is 5.75 Å². The summed E-state index contributed by atoms with van der Waals surface area (Å²) in [5, 5.41) is 3.02. The van der Waals surface area contributed by atoms with Crippen molar-refractivity contribution in [2.75, 3.05) is 23.3 Å². The normalized spacial score (nSPS) is 15.4. The first-order chi connectivity index (χ1) is 7.98. The number of nitrogens with one attached hydrogen (secondary N) is 2. The molecule has 1 aliphatic carbocycles. The molecule has 2 N–H and O–H groups in total. The third-order valence-electron chi connectivity index (χ3n) is 2.37. The van der Waals surface area contributed by atoms with E-state index in [1.807, 2.05) is 0 Å². The fourth-order valence-corrected chi connectivity index (χ4v) is 2.02. The molecular formula is C11H16N2O3S. The Balaban J connectivity index is 2.23. The smallest absolute Gasteiger partial charge is 0.229 e. The molecule has 1 aliphatic rings. The van der Waals surface area contributed by atoms with Crippen LogP contribution in [0.1, 0.15) is 12.8 Å². The van der Waals surface area contributed by atoms with Crippen molar-refractivity contribution >= 4 is 21.4 Å². The first-order valence-corrected chi connectivity index (χ1v) is 7.33. The van der Waals surface area contributed by atoms with Gasteiger partial charge in [-0.1, -0.05) is 0 Å². The zero-order chi connectivity index (χ0) is 12.5. The fraction of sp³-hybridized carbons (Fsp3) is 0.455. The van der Waals surface area contributed by atoms with Crippen LogP contribution < -0.4 is 14.8 Å². The predicted molar refractivity (Wildman–Crippen MR) is 68.1 cm³/mol. The molecule has 0 amide bonds. The molecule has 1 aromatic rings. The highest BCUT2D eigenvalue weighted by Crippen LogP contribution is 2.34. The summed E-state index contributed by atoms with van der Waals surface area (Å²) in [6.45, 7) is 0. The molecule has 0 aromatic heterocycles. The largest absolute Gasteiger partial charge is 0.488 e. The molecule has 0 aliphatic heterocycles. The van der Waals surface area contributed by atoms with Gasteiger partial charge in [0.1, 0.15) is 5.75 Å². The van der Waals surface area contributed by atoms with Crippen LogP contribution in [0.25, 0.3) is 0 Å². The van der Waals surface area contributed by atoms with E-state index in [1.165, 1.54) is 0 Å². The van der Waals surface area contributed by atoms with E-state index in [1.54, 1.807) is 25.2 Å². The maximum Gasteiger partial charge on any atom is 0.229 e. The summed E-state index contributed by atoms with van der Waals surface area (Å²) in [4.78, 5) is 0. The Hall–Kier alpha value is -1.43. The average molecular weight is 256 g/mol. The van der Waals surface area contributed by atoms with Crippen molar-refractivity contribution in [2.24, 2.45) is 0 Å². The SMILES string of the molecule is CNc1ccc(NS(C)(=O)=O)cc1OC1CC1. The summed E-state index contributed by atoms with van der Waals surface area (Å²) < 4.78 is 30.4. The molecule has 94 valence electrons. The summed E-state index contributed by atoms with van der Waals surface area (Å²) in [5.41, 5.74) is 1.37. The van der Waals surface area contributed by atoms with Crippen LogP contribution in [0.2, 0.25) is 0 Å². The second-order valence-corrected chi connectivity index (χ2v) is 5.90. The molecule has 0 atom stereocenters. The minimum absolute atomic E-state index is 0.274. The molecule has 1 aromatic carbocycles. The molecule has 1 fully saturated rings. The quantitative estimate of drug-likeness (QED) is 0.840. The number of rotatable bonds is 5. The lowest BCUT2D eigenvalue weighted by molar-refractivity contribution is 0.305. The molecule has 0 spiro atoms. The first kappa shape index (κ1) is 12.0. The van der Waals surface area contributed by atoms with Gasteiger partial charge in [-0.15, -0.1) is 0 Å². The molecule has 6 heteroatoms. The molecule has 0 heterocycles. The fourth-order valence-electron chi connectivity index (χ4n) is 1.47. The van der Waals surface area contributed by atoms with Crippen LogP contribution >= 0.6 is 0 Å².